The van der Waals surface area contributed by atoms with Crippen LogP contribution in [0.3, 0.4) is 0 Å². The first kappa shape index (κ1) is 14.5. The summed E-state index contributed by atoms with van der Waals surface area (Å²) in [7, 11) is -3.44. The first-order chi connectivity index (χ1) is 8.88. The lowest BCUT2D eigenvalue weighted by Crippen LogP contribution is -2.29. The molecule has 0 saturated heterocycles. The molecule has 1 aliphatic rings. The first-order valence-electron chi connectivity index (χ1n) is 6.63. The molecule has 0 spiro atoms. The zero-order valence-corrected chi connectivity index (χ0v) is 12.2. The average Bonchev–Trinajstić information content (AvgIpc) is 2.72. The van der Waals surface area contributed by atoms with Gasteiger partial charge in [-0.25, -0.2) is 13.1 Å². The number of nitrogens with one attached hydrogen (secondary N) is 1. The van der Waals surface area contributed by atoms with Gasteiger partial charge in [-0.2, -0.15) is 0 Å². The van der Waals surface area contributed by atoms with Crippen molar-refractivity contribution < 1.29 is 13.5 Å². The Morgan fingerprint density at radius 3 is 2.63 bits per heavy atom. The van der Waals surface area contributed by atoms with E-state index in [1.54, 1.807) is 19.1 Å². The molecule has 2 atom stereocenters. The van der Waals surface area contributed by atoms with Gasteiger partial charge >= 0.3 is 0 Å². The van der Waals surface area contributed by atoms with Crippen LogP contribution in [0.5, 0.6) is 0 Å². The van der Waals surface area contributed by atoms with Crippen LogP contribution in [0.4, 0.5) is 0 Å². The maximum absolute atomic E-state index is 12.2. The summed E-state index contributed by atoms with van der Waals surface area (Å²) in [5, 5.41) is 9.44. The molecular formula is C14H21NO3S. The summed E-state index contributed by atoms with van der Waals surface area (Å²) in [5.74, 6) is 0.246. The molecule has 2 rings (SSSR count). The number of aliphatic hydroxyl groups is 1. The van der Waals surface area contributed by atoms with Gasteiger partial charge in [-0.15, -0.1) is 0 Å². The Balaban J connectivity index is 2.06. The molecule has 0 aromatic heterocycles. The van der Waals surface area contributed by atoms with E-state index in [-0.39, 0.29) is 12.0 Å². The standard InChI is InChI=1S/C14H21NO3S/c1-10-3-6-14(11(2)7-10)19(17,18)15-9-12-4-5-13(16)8-12/h3,6-7,12-13,15-16H,4-5,8-9H2,1-2H3. The highest BCUT2D eigenvalue weighted by atomic mass is 32.2. The quantitative estimate of drug-likeness (QED) is 0.884. The van der Waals surface area contributed by atoms with Crippen LogP contribution in [0, 0.1) is 19.8 Å². The van der Waals surface area contributed by atoms with Crippen LogP contribution in [0.15, 0.2) is 23.1 Å². The Hall–Kier alpha value is -0.910. The normalized spacial score (nSPS) is 23.7. The smallest absolute Gasteiger partial charge is 0.240 e. The minimum atomic E-state index is -3.44. The monoisotopic (exact) mass is 283 g/mol. The highest BCUT2D eigenvalue weighted by molar-refractivity contribution is 7.89. The number of benzene rings is 1. The number of aryl methyl sites for hydroxylation is 2. The maximum Gasteiger partial charge on any atom is 0.240 e. The molecular weight excluding hydrogens is 262 g/mol. The molecule has 0 amide bonds. The van der Waals surface area contributed by atoms with E-state index in [1.807, 2.05) is 13.0 Å². The zero-order chi connectivity index (χ0) is 14.0. The van der Waals surface area contributed by atoms with Crippen LogP contribution in [-0.2, 0) is 10.0 Å². The molecule has 2 N–H and O–H groups in total. The van der Waals surface area contributed by atoms with Gasteiger partial charge in [0.05, 0.1) is 11.0 Å². The summed E-state index contributed by atoms with van der Waals surface area (Å²) in [6, 6.07) is 5.32. The van der Waals surface area contributed by atoms with Gasteiger partial charge in [-0.1, -0.05) is 17.7 Å². The second kappa shape index (κ2) is 5.61. The summed E-state index contributed by atoms with van der Waals surface area (Å²) < 4.78 is 27.1. The van der Waals surface area contributed by atoms with Crippen LogP contribution < -0.4 is 4.72 Å². The summed E-state index contributed by atoms with van der Waals surface area (Å²) in [4.78, 5) is 0.344. The Morgan fingerprint density at radius 2 is 2.05 bits per heavy atom. The molecule has 106 valence electrons. The van der Waals surface area contributed by atoms with Gasteiger partial charge in [0, 0.05) is 6.54 Å². The molecule has 0 heterocycles. The average molecular weight is 283 g/mol. The molecule has 4 nitrogen and oxygen atoms in total. The van der Waals surface area contributed by atoms with Gasteiger partial charge in [0.15, 0.2) is 0 Å². The summed E-state index contributed by atoms with van der Waals surface area (Å²) in [6.07, 6.45) is 2.08. The first-order valence-corrected chi connectivity index (χ1v) is 8.12. The van der Waals surface area contributed by atoms with E-state index in [9.17, 15) is 13.5 Å². The molecule has 1 fully saturated rings. The number of sulfonamides is 1. The van der Waals surface area contributed by atoms with Crippen molar-refractivity contribution >= 4 is 10.0 Å². The van der Waals surface area contributed by atoms with Crippen LogP contribution in [0.1, 0.15) is 30.4 Å². The summed E-state index contributed by atoms with van der Waals surface area (Å²) in [5.41, 5.74) is 1.81. The van der Waals surface area contributed by atoms with Crippen molar-refractivity contribution in [3.8, 4) is 0 Å². The largest absolute Gasteiger partial charge is 0.393 e. The van der Waals surface area contributed by atoms with Gasteiger partial charge in [0.25, 0.3) is 0 Å². The molecule has 19 heavy (non-hydrogen) atoms. The highest BCUT2D eigenvalue weighted by Crippen LogP contribution is 2.25. The fraction of sp³-hybridized carbons (Fsp3) is 0.571. The number of hydrogen-bond acceptors (Lipinski definition) is 3. The Morgan fingerprint density at radius 1 is 1.32 bits per heavy atom. The molecule has 1 aromatic carbocycles. The second-order valence-electron chi connectivity index (χ2n) is 5.45. The van der Waals surface area contributed by atoms with E-state index in [0.29, 0.717) is 17.9 Å². The summed E-state index contributed by atoms with van der Waals surface area (Å²) >= 11 is 0. The lowest BCUT2D eigenvalue weighted by Gasteiger charge is -2.13. The van der Waals surface area contributed by atoms with Crippen molar-refractivity contribution in [1.82, 2.24) is 4.72 Å². The van der Waals surface area contributed by atoms with Crippen LogP contribution in [0.25, 0.3) is 0 Å². The summed E-state index contributed by atoms with van der Waals surface area (Å²) in [6.45, 7) is 4.16. The number of hydrogen-bond donors (Lipinski definition) is 2. The lowest BCUT2D eigenvalue weighted by atomic mass is 10.1. The third-order valence-corrected chi connectivity index (χ3v) is 5.28. The molecule has 0 aliphatic heterocycles. The topological polar surface area (TPSA) is 66.4 Å². The zero-order valence-electron chi connectivity index (χ0n) is 11.4. The predicted molar refractivity (Wildman–Crippen MR) is 74.5 cm³/mol. The third-order valence-electron chi connectivity index (χ3n) is 3.70. The van der Waals surface area contributed by atoms with Crippen LogP contribution >= 0.6 is 0 Å². The number of rotatable bonds is 4. The predicted octanol–water partition coefficient (Wildman–Crippen LogP) is 1.74. The highest BCUT2D eigenvalue weighted by Gasteiger charge is 2.25. The van der Waals surface area contributed by atoms with Crippen molar-refractivity contribution in [2.24, 2.45) is 5.92 Å². The van der Waals surface area contributed by atoms with Gasteiger partial charge in [-0.3, -0.25) is 0 Å². The molecule has 0 radical (unpaired) electrons. The van der Waals surface area contributed by atoms with Gasteiger partial charge in [0.1, 0.15) is 0 Å². The van der Waals surface area contributed by atoms with Crippen molar-refractivity contribution in [2.45, 2.75) is 44.1 Å². The van der Waals surface area contributed by atoms with Crippen molar-refractivity contribution in [3.63, 3.8) is 0 Å². The SMILES string of the molecule is Cc1ccc(S(=O)(=O)NCC2CCC(O)C2)c(C)c1. The van der Waals surface area contributed by atoms with Gasteiger partial charge in [-0.05, 0) is 50.7 Å². The molecule has 1 saturated carbocycles. The Kier molecular flexibility index (Phi) is 4.28. The fourth-order valence-corrected chi connectivity index (χ4v) is 3.98. The van der Waals surface area contributed by atoms with Crippen molar-refractivity contribution in [3.05, 3.63) is 29.3 Å². The van der Waals surface area contributed by atoms with Crippen LogP contribution in [0.2, 0.25) is 0 Å². The third kappa shape index (κ3) is 3.55. The van der Waals surface area contributed by atoms with E-state index < -0.39 is 10.0 Å². The van der Waals surface area contributed by atoms with Crippen molar-refractivity contribution in [2.75, 3.05) is 6.54 Å². The Labute approximate surface area is 114 Å². The van der Waals surface area contributed by atoms with Crippen molar-refractivity contribution in [1.29, 1.82) is 0 Å². The van der Waals surface area contributed by atoms with E-state index in [0.717, 1.165) is 24.0 Å². The minimum absolute atomic E-state index is 0.246. The minimum Gasteiger partial charge on any atom is -0.393 e. The number of aliphatic hydroxyl groups excluding tert-OH is 1. The maximum atomic E-state index is 12.2. The second-order valence-corrected chi connectivity index (χ2v) is 7.19. The Bertz CT molecular complexity index is 554. The molecule has 5 heteroatoms. The van der Waals surface area contributed by atoms with Gasteiger partial charge < -0.3 is 5.11 Å². The fourth-order valence-electron chi connectivity index (χ4n) is 2.64. The molecule has 2 unspecified atom stereocenters. The van der Waals surface area contributed by atoms with E-state index >= 15 is 0 Å². The molecule has 1 aromatic rings. The van der Waals surface area contributed by atoms with Crippen LogP contribution in [-0.4, -0.2) is 26.2 Å². The molecule has 0 bridgehead atoms. The van der Waals surface area contributed by atoms with Gasteiger partial charge in [0.2, 0.25) is 10.0 Å². The lowest BCUT2D eigenvalue weighted by molar-refractivity contribution is 0.178. The van der Waals surface area contributed by atoms with E-state index in [4.69, 9.17) is 0 Å². The van der Waals surface area contributed by atoms with E-state index in [2.05, 4.69) is 4.72 Å². The van der Waals surface area contributed by atoms with E-state index in [1.165, 1.54) is 0 Å². The molecule has 1 aliphatic carbocycles.